The molecule has 3 N–H and O–H groups in total. The van der Waals surface area contributed by atoms with Crippen molar-refractivity contribution in [3.05, 3.63) is 0 Å². The van der Waals surface area contributed by atoms with E-state index < -0.39 is 0 Å². The lowest BCUT2D eigenvalue weighted by Crippen LogP contribution is -2.12. The molecule has 0 aromatic carbocycles. The van der Waals surface area contributed by atoms with Gasteiger partial charge in [-0.2, -0.15) is 0 Å². The lowest BCUT2D eigenvalue weighted by Gasteiger charge is -1.90. The number of Topliss-reactive ketones (excluding diaryl/α,β-unsaturated/α-hetero) is 1. The van der Waals surface area contributed by atoms with Crippen LogP contribution >= 0.6 is 11.9 Å². The van der Waals surface area contributed by atoms with Crippen molar-refractivity contribution in [2.75, 3.05) is 5.75 Å². The first-order valence-corrected chi connectivity index (χ1v) is 3.13. The molecule has 0 aromatic heterocycles. The smallest absolute Gasteiger partial charge is 0.187 e. The Kier molecular flexibility index (Phi) is 3.47. The third kappa shape index (κ3) is 2.76. The van der Waals surface area contributed by atoms with E-state index in [1.54, 1.807) is 0 Å². The molecule has 46 valence electrons. The number of ketones is 1. The van der Waals surface area contributed by atoms with Crippen molar-refractivity contribution >= 4 is 23.4 Å². The first-order valence-electron chi connectivity index (χ1n) is 2.08. The lowest BCUT2D eigenvalue weighted by molar-refractivity contribution is -0.110. The molecule has 0 heterocycles. The molecule has 0 rings (SSSR count). The van der Waals surface area contributed by atoms with Crippen LogP contribution in [0.15, 0.2) is 0 Å². The zero-order valence-corrected chi connectivity index (χ0v) is 5.42. The largest absolute Gasteiger partial charge is 0.302 e. The number of carbonyl (C=O) groups is 1. The van der Waals surface area contributed by atoms with Crippen molar-refractivity contribution in [1.82, 2.24) is 0 Å². The van der Waals surface area contributed by atoms with Crippen LogP contribution in [0.2, 0.25) is 0 Å². The van der Waals surface area contributed by atoms with Gasteiger partial charge in [-0.15, -0.1) is 0 Å². The first-order chi connectivity index (χ1) is 3.68. The Hall–Kier alpha value is -0.350. The second kappa shape index (κ2) is 3.63. The molecule has 0 unspecified atom stereocenters. The predicted octanol–water partition coefficient (Wildman–Crippen LogP) is 0.202. The summed E-state index contributed by atoms with van der Waals surface area (Å²) in [6.45, 7) is 1.46. The normalized spacial score (nSPS) is 8.75. The van der Waals surface area contributed by atoms with Crippen molar-refractivity contribution in [3.63, 3.8) is 0 Å². The first kappa shape index (κ1) is 7.65. The summed E-state index contributed by atoms with van der Waals surface area (Å²) in [5, 5.41) is 11.8. The molecule has 0 radical (unpaired) electrons. The molecule has 0 saturated heterocycles. The number of nitrogens with two attached hydrogens (primary N) is 1. The van der Waals surface area contributed by atoms with Gasteiger partial charge < -0.3 is 5.41 Å². The molecule has 0 aliphatic carbocycles. The Morgan fingerprint density at radius 1 is 1.88 bits per heavy atom. The maximum Gasteiger partial charge on any atom is 0.187 e. The van der Waals surface area contributed by atoms with Gasteiger partial charge in [0.05, 0.1) is 11.5 Å². The third-order valence-electron chi connectivity index (χ3n) is 0.633. The molecule has 0 aliphatic rings. The van der Waals surface area contributed by atoms with Crippen LogP contribution < -0.4 is 5.14 Å². The molecule has 0 aromatic rings. The average Bonchev–Trinajstić information content (AvgIpc) is 1.67. The number of rotatable bonds is 3. The molecule has 0 aliphatic heterocycles. The van der Waals surface area contributed by atoms with Gasteiger partial charge in [-0.25, -0.2) is 0 Å². The minimum atomic E-state index is -0.197. The van der Waals surface area contributed by atoms with Gasteiger partial charge in [-0.3, -0.25) is 9.93 Å². The van der Waals surface area contributed by atoms with E-state index in [2.05, 4.69) is 0 Å². The second-order valence-electron chi connectivity index (χ2n) is 1.36. The molecule has 0 bridgehead atoms. The summed E-state index contributed by atoms with van der Waals surface area (Å²) in [6.07, 6.45) is 0. The van der Waals surface area contributed by atoms with Crippen LogP contribution in [0.3, 0.4) is 0 Å². The molecule has 0 saturated carbocycles. The standard InChI is InChI=1S/C4H8N2OS/c1-3(5)4(7)2-8-6/h5H,2,6H2,1H3. The maximum absolute atomic E-state index is 10.4. The van der Waals surface area contributed by atoms with Crippen LogP contribution in [-0.2, 0) is 4.79 Å². The van der Waals surface area contributed by atoms with Gasteiger partial charge in [0.2, 0.25) is 0 Å². The van der Waals surface area contributed by atoms with Crippen molar-refractivity contribution < 1.29 is 4.79 Å². The molecule has 8 heavy (non-hydrogen) atoms. The molecule has 0 amide bonds. The molecule has 0 fully saturated rings. The van der Waals surface area contributed by atoms with Crippen molar-refractivity contribution in [2.45, 2.75) is 6.92 Å². The number of hydrogen-bond acceptors (Lipinski definition) is 4. The molecule has 0 spiro atoms. The van der Waals surface area contributed by atoms with E-state index >= 15 is 0 Å². The van der Waals surface area contributed by atoms with Crippen LogP contribution in [0.5, 0.6) is 0 Å². The number of nitrogens with one attached hydrogen (secondary N) is 1. The van der Waals surface area contributed by atoms with Gasteiger partial charge in [0, 0.05) is 0 Å². The van der Waals surface area contributed by atoms with Gasteiger partial charge >= 0.3 is 0 Å². The van der Waals surface area contributed by atoms with E-state index in [-0.39, 0.29) is 17.2 Å². The molecule has 3 nitrogen and oxygen atoms in total. The minimum absolute atomic E-state index is 0.0722. The van der Waals surface area contributed by atoms with Crippen LogP contribution in [0.4, 0.5) is 0 Å². The summed E-state index contributed by atoms with van der Waals surface area (Å²) in [6, 6.07) is 0. The number of carbonyl (C=O) groups excluding carboxylic acids is 1. The summed E-state index contributed by atoms with van der Waals surface area (Å²) in [7, 11) is 0. The summed E-state index contributed by atoms with van der Waals surface area (Å²) >= 11 is 0.948. The average molecular weight is 132 g/mol. The predicted molar refractivity (Wildman–Crippen MR) is 35.1 cm³/mol. The monoisotopic (exact) mass is 132 g/mol. The fraction of sp³-hybridized carbons (Fsp3) is 0.500. The topological polar surface area (TPSA) is 66.9 Å². The van der Waals surface area contributed by atoms with E-state index in [1.165, 1.54) is 6.92 Å². The summed E-state index contributed by atoms with van der Waals surface area (Å²) < 4.78 is 0. The molecular formula is C4H8N2OS. The van der Waals surface area contributed by atoms with Crippen molar-refractivity contribution in [1.29, 1.82) is 5.41 Å². The summed E-state index contributed by atoms with van der Waals surface area (Å²) in [4.78, 5) is 10.4. The van der Waals surface area contributed by atoms with Gasteiger partial charge in [0.25, 0.3) is 0 Å². The highest BCUT2D eigenvalue weighted by molar-refractivity contribution is 7.97. The van der Waals surface area contributed by atoms with E-state index in [1.807, 2.05) is 0 Å². The fourth-order valence-electron chi connectivity index (χ4n) is 0.184. The Morgan fingerprint density at radius 2 is 2.38 bits per heavy atom. The van der Waals surface area contributed by atoms with Gasteiger partial charge in [-0.05, 0) is 6.92 Å². The van der Waals surface area contributed by atoms with Crippen molar-refractivity contribution in [2.24, 2.45) is 5.14 Å². The zero-order valence-electron chi connectivity index (χ0n) is 4.60. The van der Waals surface area contributed by atoms with Gasteiger partial charge in [-0.1, -0.05) is 11.9 Å². The quantitative estimate of drug-likeness (QED) is 0.426. The zero-order chi connectivity index (χ0) is 6.57. The third-order valence-corrected chi connectivity index (χ3v) is 1.06. The lowest BCUT2D eigenvalue weighted by atomic mass is 10.3. The van der Waals surface area contributed by atoms with Crippen LogP contribution in [-0.4, -0.2) is 17.2 Å². The molecule has 0 atom stereocenters. The molecular weight excluding hydrogens is 124 g/mol. The van der Waals surface area contributed by atoms with Crippen LogP contribution in [0.1, 0.15) is 6.92 Å². The Bertz CT molecular complexity index is 113. The van der Waals surface area contributed by atoms with E-state index in [4.69, 9.17) is 10.5 Å². The minimum Gasteiger partial charge on any atom is -0.302 e. The molecule has 4 heteroatoms. The van der Waals surface area contributed by atoms with Gasteiger partial charge in [0.1, 0.15) is 0 Å². The van der Waals surface area contributed by atoms with Crippen molar-refractivity contribution in [3.8, 4) is 0 Å². The fourth-order valence-corrected chi connectivity index (χ4v) is 0.552. The highest BCUT2D eigenvalue weighted by atomic mass is 32.2. The Morgan fingerprint density at radius 3 is 2.50 bits per heavy atom. The highest BCUT2D eigenvalue weighted by Gasteiger charge is 2.00. The van der Waals surface area contributed by atoms with Gasteiger partial charge in [0.15, 0.2) is 5.78 Å². The summed E-state index contributed by atoms with van der Waals surface area (Å²) in [5.41, 5.74) is 0.0722. The highest BCUT2D eigenvalue weighted by Crippen LogP contribution is 1.86. The van der Waals surface area contributed by atoms with E-state index in [0.29, 0.717) is 0 Å². The maximum atomic E-state index is 10.4. The Labute approximate surface area is 52.3 Å². The van der Waals surface area contributed by atoms with E-state index in [9.17, 15) is 4.79 Å². The van der Waals surface area contributed by atoms with Crippen LogP contribution in [0, 0.1) is 5.41 Å². The second-order valence-corrected chi connectivity index (χ2v) is 1.98. The number of hydrogen-bond donors (Lipinski definition) is 2. The summed E-state index contributed by atoms with van der Waals surface area (Å²) in [5.74, 6) is 0.0208. The SMILES string of the molecule is CC(=N)C(=O)CSN. The Balaban J connectivity index is 3.49. The van der Waals surface area contributed by atoms with E-state index in [0.717, 1.165) is 11.9 Å². The van der Waals surface area contributed by atoms with Crippen LogP contribution in [0.25, 0.3) is 0 Å².